The molecule has 0 atom stereocenters. The number of para-hydroxylation sites is 1. The Morgan fingerprint density at radius 1 is 0.939 bits per heavy atom. The lowest BCUT2D eigenvalue weighted by Crippen LogP contribution is -1.98. The summed E-state index contributed by atoms with van der Waals surface area (Å²) >= 11 is 0. The van der Waals surface area contributed by atoms with Crippen LogP contribution in [-0.2, 0) is 0 Å². The van der Waals surface area contributed by atoms with Crippen molar-refractivity contribution in [2.45, 2.75) is 6.92 Å². The maximum atomic E-state index is 13.0. The highest BCUT2D eigenvalue weighted by molar-refractivity contribution is 6.14. The summed E-state index contributed by atoms with van der Waals surface area (Å²) in [6, 6.07) is 21.0. The van der Waals surface area contributed by atoms with E-state index in [4.69, 9.17) is 19.3 Å². The molecule has 0 amide bonds. The zero-order valence-electron chi connectivity index (χ0n) is 18.5. The minimum absolute atomic E-state index is 0.139. The average Bonchev–Trinajstić information content (AvgIpc) is 3.40. The Morgan fingerprint density at radius 2 is 1.73 bits per heavy atom. The number of rotatable bonds is 5. The van der Waals surface area contributed by atoms with Gasteiger partial charge in [0.1, 0.15) is 11.4 Å². The minimum Gasteiger partial charge on any atom is -0.493 e. The van der Waals surface area contributed by atoms with Crippen molar-refractivity contribution < 1.29 is 19.0 Å². The number of methoxy groups -OCH3 is 2. The normalized spacial score (nSPS) is 13.7. The van der Waals surface area contributed by atoms with Gasteiger partial charge in [0.15, 0.2) is 17.3 Å². The summed E-state index contributed by atoms with van der Waals surface area (Å²) in [4.78, 5) is 13.0. The Bertz CT molecular complexity index is 1390. The number of aryl methyl sites for hydroxylation is 1. The van der Waals surface area contributed by atoms with Crippen LogP contribution in [0, 0.1) is 6.92 Å². The molecule has 0 unspecified atom stereocenters. The van der Waals surface area contributed by atoms with E-state index in [2.05, 4.69) is 0 Å². The summed E-state index contributed by atoms with van der Waals surface area (Å²) < 4.78 is 18.5. The van der Waals surface area contributed by atoms with Gasteiger partial charge in [-0.3, -0.25) is 4.79 Å². The van der Waals surface area contributed by atoms with Crippen molar-refractivity contribution >= 4 is 11.9 Å². The molecule has 1 aliphatic rings. The molecule has 1 aliphatic heterocycles. The van der Waals surface area contributed by atoms with Crippen LogP contribution in [0.1, 0.15) is 21.5 Å². The first-order valence-electron chi connectivity index (χ1n) is 10.5. The van der Waals surface area contributed by atoms with Crippen LogP contribution in [0.4, 0.5) is 0 Å². The number of aromatic nitrogens is 2. The van der Waals surface area contributed by atoms with Crippen molar-refractivity contribution in [1.29, 1.82) is 0 Å². The number of ketones is 1. The van der Waals surface area contributed by atoms with E-state index in [-0.39, 0.29) is 11.5 Å². The summed E-state index contributed by atoms with van der Waals surface area (Å²) in [7, 11) is 3.19. The number of allylic oxidation sites excluding steroid dienone is 1. The fourth-order valence-corrected chi connectivity index (χ4v) is 3.86. The summed E-state index contributed by atoms with van der Waals surface area (Å²) in [6.45, 7) is 1.95. The van der Waals surface area contributed by atoms with E-state index in [1.54, 1.807) is 25.0 Å². The second-order valence-corrected chi connectivity index (χ2v) is 7.72. The topological polar surface area (TPSA) is 62.6 Å². The standard InChI is InChI=1S/C27H22N2O4/c1-17-9-11-22-21(13-17)27(30)25(33-22)15-19-16-29(20-7-5-4-6-8-20)28-26(19)18-10-12-23(31-2)24(14-18)32-3/h4-16H,1-3H3/b25-15-. The molecule has 0 saturated carbocycles. The van der Waals surface area contributed by atoms with Gasteiger partial charge in [-0.1, -0.05) is 29.8 Å². The van der Waals surface area contributed by atoms with Gasteiger partial charge in [0.25, 0.3) is 0 Å². The zero-order chi connectivity index (χ0) is 22.9. The third kappa shape index (κ3) is 3.76. The third-order valence-corrected chi connectivity index (χ3v) is 5.53. The molecule has 5 rings (SSSR count). The second-order valence-electron chi connectivity index (χ2n) is 7.72. The Hall–Kier alpha value is -4.32. The molecule has 4 aromatic rings. The molecule has 0 radical (unpaired) electrons. The molecule has 1 aromatic heterocycles. The Morgan fingerprint density at radius 3 is 2.48 bits per heavy atom. The maximum absolute atomic E-state index is 13.0. The van der Waals surface area contributed by atoms with Crippen molar-refractivity contribution in [2.24, 2.45) is 0 Å². The number of fused-ring (bicyclic) bond motifs is 1. The fraction of sp³-hybridized carbons (Fsp3) is 0.111. The summed E-state index contributed by atoms with van der Waals surface area (Å²) in [5.74, 6) is 1.92. The van der Waals surface area contributed by atoms with Crippen LogP contribution >= 0.6 is 0 Å². The Kier molecular flexibility index (Phi) is 5.18. The van der Waals surface area contributed by atoms with Gasteiger partial charge in [0.2, 0.25) is 5.78 Å². The van der Waals surface area contributed by atoms with Crippen LogP contribution in [0.5, 0.6) is 17.2 Å². The smallest absolute Gasteiger partial charge is 0.231 e. The largest absolute Gasteiger partial charge is 0.493 e. The van der Waals surface area contributed by atoms with Crippen LogP contribution in [0.25, 0.3) is 23.0 Å². The van der Waals surface area contributed by atoms with E-state index in [1.807, 2.05) is 79.9 Å². The molecule has 2 heterocycles. The number of carbonyl (C=O) groups excluding carboxylic acids is 1. The molecule has 3 aromatic carbocycles. The lowest BCUT2D eigenvalue weighted by molar-refractivity contribution is 0.101. The third-order valence-electron chi connectivity index (χ3n) is 5.53. The van der Waals surface area contributed by atoms with E-state index in [1.165, 1.54) is 0 Å². The number of ether oxygens (including phenoxy) is 3. The number of Topliss-reactive ketones (excluding diaryl/α,β-unsaturated/α-hetero) is 1. The number of hydrogen-bond acceptors (Lipinski definition) is 5. The van der Waals surface area contributed by atoms with E-state index < -0.39 is 0 Å². The first-order valence-corrected chi connectivity index (χ1v) is 10.5. The predicted octanol–water partition coefficient (Wildman–Crippen LogP) is 5.48. The first kappa shape index (κ1) is 20.6. The van der Waals surface area contributed by atoms with Gasteiger partial charge in [0, 0.05) is 17.3 Å². The molecule has 33 heavy (non-hydrogen) atoms. The van der Waals surface area contributed by atoms with Crippen molar-refractivity contribution in [1.82, 2.24) is 9.78 Å². The van der Waals surface area contributed by atoms with Crippen molar-refractivity contribution in [3.8, 4) is 34.2 Å². The number of hydrogen-bond donors (Lipinski definition) is 0. The van der Waals surface area contributed by atoms with Gasteiger partial charge in [-0.05, 0) is 55.5 Å². The maximum Gasteiger partial charge on any atom is 0.231 e. The average molecular weight is 438 g/mol. The predicted molar refractivity (Wildman–Crippen MR) is 126 cm³/mol. The first-order chi connectivity index (χ1) is 16.1. The van der Waals surface area contributed by atoms with Crippen molar-refractivity contribution in [3.63, 3.8) is 0 Å². The Labute approximate surface area is 191 Å². The molecule has 6 heteroatoms. The van der Waals surface area contributed by atoms with Crippen LogP contribution in [0.15, 0.2) is 78.7 Å². The number of carbonyl (C=O) groups is 1. The molecule has 0 N–H and O–H groups in total. The molecular weight excluding hydrogens is 416 g/mol. The van der Waals surface area contributed by atoms with Crippen LogP contribution in [0.2, 0.25) is 0 Å². The molecule has 0 spiro atoms. The molecule has 0 fully saturated rings. The van der Waals surface area contributed by atoms with Gasteiger partial charge >= 0.3 is 0 Å². The zero-order valence-corrected chi connectivity index (χ0v) is 18.5. The molecule has 164 valence electrons. The summed E-state index contributed by atoms with van der Waals surface area (Å²) in [6.07, 6.45) is 3.63. The quantitative estimate of drug-likeness (QED) is 0.386. The molecule has 0 bridgehead atoms. The van der Waals surface area contributed by atoms with Crippen molar-refractivity contribution in [3.05, 3.63) is 95.4 Å². The van der Waals surface area contributed by atoms with Gasteiger partial charge in [-0.15, -0.1) is 0 Å². The van der Waals surface area contributed by atoms with Crippen LogP contribution < -0.4 is 14.2 Å². The summed E-state index contributed by atoms with van der Waals surface area (Å²) in [5, 5.41) is 4.82. The number of nitrogens with zero attached hydrogens (tertiary/aromatic N) is 2. The Balaban J connectivity index is 1.63. The molecular formula is C27H22N2O4. The molecule has 6 nitrogen and oxygen atoms in total. The number of benzene rings is 3. The highest BCUT2D eigenvalue weighted by Crippen LogP contribution is 2.36. The fourth-order valence-electron chi connectivity index (χ4n) is 3.86. The van der Waals surface area contributed by atoms with E-state index in [0.29, 0.717) is 28.5 Å². The lowest BCUT2D eigenvalue weighted by Gasteiger charge is -2.09. The van der Waals surface area contributed by atoms with E-state index in [0.717, 1.165) is 22.4 Å². The van der Waals surface area contributed by atoms with Crippen LogP contribution in [0.3, 0.4) is 0 Å². The highest BCUT2D eigenvalue weighted by atomic mass is 16.5. The van der Waals surface area contributed by atoms with Gasteiger partial charge in [-0.25, -0.2) is 4.68 Å². The van der Waals surface area contributed by atoms with Gasteiger partial charge in [-0.2, -0.15) is 5.10 Å². The highest BCUT2D eigenvalue weighted by Gasteiger charge is 2.28. The monoisotopic (exact) mass is 438 g/mol. The minimum atomic E-state index is -0.139. The summed E-state index contributed by atoms with van der Waals surface area (Å²) in [5.41, 5.74) is 4.75. The molecule has 0 saturated heterocycles. The second kappa shape index (κ2) is 8.31. The SMILES string of the molecule is COc1ccc(-c2nn(-c3ccccc3)cc2/C=C2\Oc3ccc(C)cc3C2=O)cc1OC. The lowest BCUT2D eigenvalue weighted by atomic mass is 10.0. The van der Waals surface area contributed by atoms with Gasteiger partial charge in [0.05, 0.1) is 25.5 Å². The van der Waals surface area contributed by atoms with Gasteiger partial charge < -0.3 is 14.2 Å². The van der Waals surface area contributed by atoms with Crippen molar-refractivity contribution in [2.75, 3.05) is 14.2 Å². The van der Waals surface area contributed by atoms with Crippen LogP contribution in [-0.4, -0.2) is 29.8 Å². The van der Waals surface area contributed by atoms with E-state index >= 15 is 0 Å². The van der Waals surface area contributed by atoms with E-state index in [9.17, 15) is 4.79 Å². The molecule has 0 aliphatic carbocycles.